The normalized spacial score (nSPS) is 14.2. The molecule has 4 heteroatoms. The average molecular weight is 332 g/mol. The number of hydrogen-bond donors (Lipinski definition) is 1. The zero-order valence-electron chi connectivity index (χ0n) is 11.6. The second-order valence-corrected chi connectivity index (χ2v) is 5.97. The van der Waals surface area contributed by atoms with Crippen molar-refractivity contribution in [1.82, 2.24) is 10.3 Å². The summed E-state index contributed by atoms with van der Waals surface area (Å²) in [6.45, 7) is 1.85. The van der Waals surface area contributed by atoms with Gasteiger partial charge in [0.25, 0.3) is 0 Å². The second-order valence-electron chi connectivity index (χ2n) is 5.05. The number of para-hydroxylation sites is 1. The number of aromatic nitrogens is 1. The average Bonchev–Trinajstić information content (AvgIpc) is 2.47. The van der Waals surface area contributed by atoms with Gasteiger partial charge >= 0.3 is 0 Å². The standard InChI is InChI=1S/C16H18BrN3/c1-18-10-13-9-14(17)11-19-16(13)20-8-4-6-12-5-2-3-7-15(12)20/h2-3,5,7,9,11,18H,4,6,8,10H2,1H3. The number of nitrogens with zero attached hydrogens (tertiary/aromatic N) is 2. The van der Waals surface area contributed by atoms with E-state index < -0.39 is 0 Å². The lowest BCUT2D eigenvalue weighted by molar-refractivity contribution is 0.745. The number of aryl methyl sites for hydroxylation is 1. The molecule has 0 atom stereocenters. The van der Waals surface area contributed by atoms with Crippen LogP contribution in [0.15, 0.2) is 41.0 Å². The molecule has 0 amide bonds. The quantitative estimate of drug-likeness (QED) is 0.930. The van der Waals surface area contributed by atoms with Crippen LogP contribution >= 0.6 is 15.9 Å². The van der Waals surface area contributed by atoms with Crippen molar-refractivity contribution in [3.05, 3.63) is 52.1 Å². The number of nitrogens with one attached hydrogen (secondary N) is 1. The van der Waals surface area contributed by atoms with Gasteiger partial charge in [-0.25, -0.2) is 4.98 Å². The van der Waals surface area contributed by atoms with Crippen LogP contribution in [0.3, 0.4) is 0 Å². The third-order valence-electron chi connectivity index (χ3n) is 3.64. The highest BCUT2D eigenvalue weighted by Gasteiger charge is 2.20. The van der Waals surface area contributed by atoms with E-state index in [1.54, 1.807) is 0 Å². The molecule has 3 nitrogen and oxygen atoms in total. The molecule has 20 heavy (non-hydrogen) atoms. The highest BCUT2D eigenvalue weighted by atomic mass is 79.9. The summed E-state index contributed by atoms with van der Waals surface area (Å²) in [5.74, 6) is 1.06. The van der Waals surface area contributed by atoms with Crippen LogP contribution in [0.5, 0.6) is 0 Å². The van der Waals surface area contributed by atoms with E-state index in [0.717, 1.165) is 29.8 Å². The van der Waals surface area contributed by atoms with Crippen LogP contribution in [0.2, 0.25) is 0 Å². The number of pyridine rings is 1. The molecule has 1 aromatic carbocycles. The third kappa shape index (κ3) is 2.58. The summed E-state index contributed by atoms with van der Waals surface area (Å²) in [6.07, 6.45) is 4.21. The summed E-state index contributed by atoms with van der Waals surface area (Å²) in [6, 6.07) is 10.8. The number of rotatable bonds is 3. The van der Waals surface area contributed by atoms with Crippen molar-refractivity contribution < 1.29 is 0 Å². The van der Waals surface area contributed by atoms with E-state index in [-0.39, 0.29) is 0 Å². The second kappa shape index (κ2) is 5.94. The van der Waals surface area contributed by atoms with Crippen LogP contribution in [0.1, 0.15) is 17.5 Å². The Morgan fingerprint density at radius 2 is 2.20 bits per heavy atom. The number of anilines is 2. The van der Waals surface area contributed by atoms with Crippen molar-refractivity contribution in [1.29, 1.82) is 0 Å². The van der Waals surface area contributed by atoms with Crippen LogP contribution in [-0.4, -0.2) is 18.6 Å². The SMILES string of the molecule is CNCc1cc(Br)cnc1N1CCCc2ccccc21. The summed E-state index contributed by atoms with van der Waals surface area (Å²) in [5, 5.41) is 3.23. The Balaban J connectivity index is 2.06. The van der Waals surface area contributed by atoms with E-state index in [1.807, 2.05) is 13.2 Å². The fourth-order valence-corrected chi connectivity index (χ4v) is 3.17. The van der Waals surface area contributed by atoms with Crippen LogP contribution in [-0.2, 0) is 13.0 Å². The lowest BCUT2D eigenvalue weighted by Gasteiger charge is -2.31. The maximum Gasteiger partial charge on any atom is 0.137 e. The number of fused-ring (bicyclic) bond motifs is 1. The van der Waals surface area contributed by atoms with Crippen molar-refractivity contribution in [2.45, 2.75) is 19.4 Å². The molecule has 0 aliphatic carbocycles. The summed E-state index contributed by atoms with van der Waals surface area (Å²) in [7, 11) is 1.97. The van der Waals surface area contributed by atoms with Crippen molar-refractivity contribution >= 4 is 27.4 Å². The fourth-order valence-electron chi connectivity index (χ4n) is 2.79. The van der Waals surface area contributed by atoms with Gasteiger partial charge in [0, 0.05) is 35.0 Å². The molecule has 0 spiro atoms. The Labute approximate surface area is 128 Å². The van der Waals surface area contributed by atoms with E-state index in [2.05, 4.69) is 61.5 Å². The smallest absolute Gasteiger partial charge is 0.137 e. The zero-order chi connectivity index (χ0) is 13.9. The molecule has 1 N–H and O–H groups in total. The van der Waals surface area contributed by atoms with Crippen molar-refractivity contribution in [3.8, 4) is 0 Å². The first-order valence-corrected chi connectivity index (χ1v) is 7.73. The molecule has 1 aliphatic rings. The van der Waals surface area contributed by atoms with Crippen molar-refractivity contribution in [2.24, 2.45) is 0 Å². The molecule has 104 valence electrons. The molecular weight excluding hydrogens is 314 g/mol. The molecule has 3 rings (SSSR count). The Hall–Kier alpha value is -1.39. The molecule has 0 unspecified atom stereocenters. The van der Waals surface area contributed by atoms with Gasteiger partial charge in [-0.3, -0.25) is 0 Å². The van der Waals surface area contributed by atoms with Crippen molar-refractivity contribution in [3.63, 3.8) is 0 Å². The Morgan fingerprint density at radius 3 is 3.05 bits per heavy atom. The van der Waals surface area contributed by atoms with Crippen LogP contribution in [0.25, 0.3) is 0 Å². The first-order chi connectivity index (χ1) is 9.79. The molecule has 1 aliphatic heterocycles. The largest absolute Gasteiger partial charge is 0.326 e. The lowest BCUT2D eigenvalue weighted by Crippen LogP contribution is -2.27. The summed E-state index contributed by atoms with van der Waals surface area (Å²) in [4.78, 5) is 7.00. The van der Waals surface area contributed by atoms with E-state index in [0.29, 0.717) is 0 Å². The molecule has 2 aromatic rings. The molecular formula is C16H18BrN3. The Kier molecular flexibility index (Phi) is 4.03. The molecule has 0 saturated heterocycles. The van der Waals surface area contributed by atoms with E-state index in [1.165, 1.54) is 23.2 Å². The first kappa shape index (κ1) is 13.6. The van der Waals surface area contributed by atoms with Gasteiger partial charge in [-0.15, -0.1) is 0 Å². The van der Waals surface area contributed by atoms with E-state index >= 15 is 0 Å². The summed E-state index contributed by atoms with van der Waals surface area (Å²) >= 11 is 3.51. The minimum atomic E-state index is 0.820. The van der Waals surface area contributed by atoms with Crippen LogP contribution < -0.4 is 10.2 Å². The van der Waals surface area contributed by atoms with Gasteiger partial charge in [-0.05, 0) is 53.5 Å². The van der Waals surface area contributed by atoms with Crippen LogP contribution in [0, 0.1) is 0 Å². The molecule has 0 saturated carbocycles. The molecule has 0 radical (unpaired) electrons. The number of hydrogen-bond acceptors (Lipinski definition) is 3. The first-order valence-electron chi connectivity index (χ1n) is 6.94. The molecule has 1 aromatic heterocycles. The predicted molar refractivity (Wildman–Crippen MR) is 86.5 cm³/mol. The monoisotopic (exact) mass is 331 g/mol. The highest BCUT2D eigenvalue weighted by Crippen LogP contribution is 2.34. The van der Waals surface area contributed by atoms with E-state index in [9.17, 15) is 0 Å². The molecule has 0 bridgehead atoms. The van der Waals surface area contributed by atoms with E-state index in [4.69, 9.17) is 0 Å². The van der Waals surface area contributed by atoms with Gasteiger partial charge in [0.15, 0.2) is 0 Å². The number of benzene rings is 1. The Bertz CT molecular complexity index is 612. The zero-order valence-corrected chi connectivity index (χ0v) is 13.2. The maximum atomic E-state index is 4.66. The van der Waals surface area contributed by atoms with Gasteiger partial charge in [0.2, 0.25) is 0 Å². The molecule has 2 heterocycles. The summed E-state index contributed by atoms with van der Waals surface area (Å²) < 4.78 is 1.02. The van der Waals surface area contributed by atoms with Gasteiger partial charge in [-0.2, -0.15) is 0 Å². The topological polar surface area (TPSA) is 28.2 Å². The fraction of sp³-hybridized carbons (Fsp3) is 0.312. The highest BCUT2D eigenvalue weighted by molar-refractivity contribution is 9.10. The van der Waals surface area contributed by atoms with Crippen LogP contribution in [0.4, 0.5) is 11.5 Å². The van der Waals surface area contributed by atoms with Gasteiger partial charge in [0.1, 0.15) is 5.82 Å². The number of halogens is 1. The predicted octanol–water partition coefficient (Wildman–Crippen LogP) is 3.65. The maximum absolute atomic E-state index is 4.66. The van der Waals surface area contributed by atoms with Gasteiger partial charge < -0.3 is 10.2 Å². The molecule has 0 fully saturated rings. The summed E-state index contributed by atoms with van der Waals surface area (Å²) in [5.41, 5.74) is 3.93. The Morgan fingerprint density at radius 1 is 1.35 bits per heavy atom. The minimum Gasteiger partial charge on any atom is -0.326 e. The van der Waals surface area contributed by atoms with Gasteiger partial charge in [0.05, 0.1) is 0 Å². The van der Waals surface area contributed by atoms with Crippen molar-refractivity contribution in [2.75, 3.05) is 18.5 Å². The van der Waals surface area contributed by atoms with Gasteiger partial charge in [-0.1, -0.05) is 18.2 Å². The lowest BCUT2D eigenvalue weighted by atomic mass is 10.0. The third-order valence-corrected chi connectivity index (χ3v) is 4.08. The minimum absolute atomic E-state index is 0.820.